The van der Waals surface area contributed by atoms with E-state index in [0.29, 0.717) is 18.7 Å². The summed E-state index contributed by atoms with van der Waals surface area (Å²) < 4.78 is 19.0. The van der Waals surface area contributed by atoms with E-state index < -0.39 is 5.82 Å². The maximum atomic E-state index is 13.8. The van der Waals surface area contributed by atoms with E-state index in [1.807, 2.05) is 31.2 Å². The molecule has 112 valence electrons. The molecular weight excluding hydrogens is 269 g/mol. The van der Waals surface area contributed by atoms with Crippen LogP contribution in [0, 0.1) is 5.82 Å². The van der Waals surface area contributed by atoms with Crippen molar-refractivity contribution in [2.24, 2.45) is 0 Å². The molecule has 0 heterocycles. The van der Waals surface area contributed by atoms with E-state index in [2.05, 4.69) is 5.32 Å². The molecule has 0 aromatic heterocycles. The Morgan fingerprint density at radius 3 is 2.57 bits per heavy atom. The third kappa shape index (κ3) is 4.03. The Bertz CT molecular complexity index is 601. The van der Waals surface area contributed by atoms with Gasteiger partial charge in [-0.05, 0) is 24.1 Å². The standard InChI is InChI=1S/C17H20FNO2/c1-12(16-8-7-15(20)9-17(16)18)19-10-13-5-3-4-6-14(13)11-21-2/h3-9,12,19-20H,10-11H2,1-2H3. The number of hydrogen-bond donors (Lipinski definition) is 2. The van der Waals surface area contributed by atoms with Crippen LogP contribution in [-0.4, -0.2) is 12.2 Å². The van der Waals surface area contributed by atoms with Crippen molar-refractivity contribution >= 4 is 0 Å². The Kier molecular flexibility index (Phi) is 5.31. The average Bonchev–Trinajstić information content (AvgIpc) is 2.46. The van der Waals surface area contributed by atoms with Gasteiger partial charge in [0.1, 0.15) is 11.6 Å². The SMILES string of the molecule is COCc1ccccc1CNC(C)c1ccc(O)cc1F. The summed E-state index contributed by atoms with van der Waals surface area (Å²) >= 11 is 0. The van der Waals surface area contributed by atoms with Gasteiger partial charge in [0.25, 0.3) is 0 Å². The molecule has 0 aliphatic carbocycles. The molecule has 0 radical (unpaired) electrons. The normalized spacial score (nSPS) is 12.3. The number of rotatable bonds is 6. The third-order valence-electron chi connectivity index (χ3n) is 3.47. The molecule has 2 rings (SSSR count). The van der Waals surface area contributed by atoms with Gasteiger partial charge in [-0.25, -0.2) is 4.39 Å². The molecule has 2 aromatic rings. The van der Waals surface area contributed by atoms with E-state index in [0.717, 1.165) is 17.2 Å². The van der Waals surface area contributed by atoms with Gasteiger partial charge in [0.15, 0.2) is 0 Å². The Balaban J connectivity index is 2.05. The van der Waals surface area contributed by atoms with Crippen LogP contribution in [0.3, 0.4) is 0 Å². The van der Waals surface area contributed by atoms with Crippen LogP contribution in [0.4, 0.5) is 4.39 Å². The van der Waals surface area contributed by atoms with Gasteiger partial charge in [-0.2, -0.15) is 0 Å². The number of hydrogen-bond acceptors (Lipinski definition) is 3. The molecule has 0 aliphatic heterocycles. The summed E-state index contributed by atoms with van der Waals surface area (Å²) in [6.45, 7) is 3.08. The van der Waals surface area contributed by atoms with Gasteiger partial charge in [-0.1, -0.05) is 30.3 Å². The van der Waals surface area contributed by atoms with Crippen LogP contribution < -0.4 is 5.32 Å². The summed E-state index contributed by atoms with van der Waals surface area (Å²) in [5.41, 5.74) is 2.79. The minimum atomic E-state index is -0.403. The second-order valence-corrected chi connectivity index (χ2v) is 5.01. The average molecular weight is 289 g/mol. The number of ether oxygens (including phenoxy) is 1. The number of aromatic hydroxyl groups is 1. The highest BCUT2D eigenvalue weighted by molar-refractivity contribution is 5.30. The molecular formula is C17H20FNO2. The first kappa shape index (κ1) is 15.5. The van der Waals surface area contributed by atoms with Crippen LogP contribution in [0.5, 0.6) is 5.75 Å². The molecule has 1 unspecified atom stereocenters. The fraction of sp³-hybridized carbons (Fsp3) is 0.294. The molecule has 0 fully saturated rings. The van der Waals surface area contributed by atoms with Crippen LogP contribution in [-0.2, 0) is 17.9 Å². The fourth-order valence-electron chi connectivity index (χ4n) is 2.27. The van der Waals surface area contributed by atoms with Gasteiger partial charge in [0, 0.05) is 31.3 Å². The van der Waals surface area contributed by atoms with Gasteiger partial charge in [0.2, 0.25) is 0 Å². The zero-order valence-electron chi connectivity index (χ0n) is 12.3. The van der Waals surface area contributed by atoms with Gasteiger partial charge >= 0.3 is 0 Å². The molecule has 0 saturated carbocycles. The minimum Gasteiger partial charge on any atom is -0.508 e. The lowest BCUT2D eigenvalue weighted by atomic mass is 10.1. The fourth-order valence-corrected chi connectivity index (χ4v) is 2.27. The van der Waals surface area contributed by atoms with Crippen molar-refractivity contribution in [3.05, 3.63) is 65.0 Å². The Morgan fingerprint density at radius 2 is 1.90 bits per heavy atom. The van der Waals surface area contributed by atoms with Gasteiger partial charge in [0.05, 0.1) is 6.61 Å². The Hall–Kier alpha value is -1.91. The predicted octanol–water partition coefficient (Wildman–Crippen LogP) is 3.53. The number of halogens is 1. The quantitative estimate of drug-likeness (QED) is 0.855. The van der Waals surface area contributed by atoms with E-state index in [-0.39, 0.29) is 11.8 Å². The van der Waals surface area contributed by atoms with E-state index in [1.165, 1.54) is 6.07 Å². The van der Waals surface area contributed by atoms with Crippen LogP contribution in [0.1, 0.15) is 29.7 Å². The smallest absolute Gasteiger partial charge is 0.131 e. The van der Waals surface area contributed by atoms with Gasteiger partial charge in [-0.3, -0.25) is 0 Å². The maximum absolute atomic E-state index is 13.8. The highest BCUT2D eigenvalue weighted by Gasteiger charge is 2.11. The van der Waals surface area contributed by atoms with Gasteiger partial charge in [-0.15, -0.1) is 0 Å². The van der Waals surface area contributed by atoms with Crippen molar-refractivity contribution in [1.82, 2.24) is 5.32 Å². The molecule has 4 heteroatoms. The highest BCUT2D eigenvalue weighted by Crippen LogP contribution is 2.21. The van der Waals surface area contributed by atoms with Crippen molar-refractivity contribution in [2.75, 3.05) is 7.11 Å². The first-order chi connectivity index (χ1) is 10.1. The number of benzene rings is 2. The number of methoxy groups -OCH3 is 1. The molecule has 0 amide bonds. The number of phenols is 1. The molecule has 0 spiro atoms. The lowest BCUT2D eigenvalue weighted by Gasteiger charge is -2.17. The predicted molar refractivity (Wildman–Crippen MR) is 80.5 cm³/mol. The summed E-state index contributed by atoms with van der Waals surface area (Å²) in [5.74, 6) is -0.464. The molecule has 3 nitrogen and oxygen atoms in total. The molecule has 0 aliphatic rings. The topological polar surface area (TPSA) is 41.5 Å². The molecule has 0 bridgehead atoms. The number of nitrogens with one attached hydrogen (secondary N) is 1. The van der Waals surface area contributed by atoms with Crippen LogP contribution >= 0.6 is 0 Å². The molecule has 1 atom stereocenters. The van der Waals surface area contributed by atoms with E-state index in [1.54, 1.807) is 13.2 Å². The maximum Gasteiger partial charge on any atom is 0.131 e. The molecule has 21 heavy (non-hydrogen) atoms. The molecule has 0 saturated heterocycles. The molecule has 2 N–H and O–H groups in total. The lowest BCUT2D eigenvalue weighted by molar-refractivity contribution is 0.184. The van der Waals surface area contributed by atoms with Crippen molar-refractivity contribution in [1.29, 1.82) is 0 Å². The zero-order valence-corrected chi connectivity index (χ0v) is 12.3. The zero-order chi connectivity index (χ0) is 15.2. The lowest BCUT2D eigenvalue weighted by Crippen LogP contribution is -2.20. The molecule has 2 aromatic carbocycles. The Morgan fingerprint density at radius 1 is 1.19 bits per heavy atom. The van der Waals surface area contributed by atoms with Crippen LogP contribution in [0.25, 0.3) is 0 Å². The second kappa shape index (κ2) is 7.20. The Labute approximate surface area is 124 Å². The summed E-state index contributed by atoms with van der Waals surface area (Å²) in [5, 5.41) is 12.5. The second-order valence-electron chi connectivity index (χ2n) is 5.01. The minimum absolute atomic E-state index is 0.0612. The number of phenolic OH excluding ortho intramolecular Hbond substituents is 1. The van der Waals surface area contributed by atoms with Crippen molar-refractivity contribution < 1.29 is 14.2 Å². The summed E-state index contributed by atoms with van der Waals surface area (Å²) in [7, 11) is 1.67. The first-order valence-corrected chi connectivity index (χ1v) is 6.89. The summed E-state index contributed by atoms with van der Waals surface area (Å²) in [4.78, 5) is 0. The van der Waals surface area contributed by atoms with Crippen molar-refractivity contribution in [3.63, 3.8) is 0 Å². The first-order valence-electron chi connectivity index (χ1n) is 6.89. The third-order valence-corrected chi connectivity index (χ3v) is 3.47. The monoisotopic (exact) mass is 289 g/mol. The van der Waals surface area contributed by atoms with Crippen LogP contribution in [0.15, 0.2) is 42.5 Å². The largest absolute Gasteiger partial charge is 0.508 e. The van der Waals surface area contributed by atoms with Crippen molar-refractivity contribution in [3.8, 4) is 5.75 Å². The summed E-state index contributed by atoms with van der Waals surface area (Å²) in [6.07, 6.45) is 0. The summed E-state index contributed by atoms with van der Waals surface area (Å²) in [6, 6.07) is 12.1. The van der Waals surface area contributed by atoms with Crippen LogP contribution in [0.2, 0.25) is 0 Å². The van der Waals surface area contributed by atoms with E-state index in [9.17, 15) is 9.50 Å². The van der Waals surface area contributed by atoms with E-state index >= 15 is 0 Å². The highest BCUT2D eigenvalue weighted by atomic mass is 19.1. The van der Waals surface area contributed by atoms with E-state index in [4.69, 9.17) is 4.74 Å². The van der Waals surface area contributed by atoms with Gasteiger partial charge < -0.3 is 15.2 Å². The van der Waals surface area contributed by atoms with Crippen molar-refractivity contribution in [2.45, 2.75) is 26.1 Å².